The van der Waals surface area contributed by atoms with Crippen LogP contribution >= 0.6 is 0 Å². The Labute approximate surface area is 96.2 Å². The Kier molecular flexibility index (Phi) is 3.80. The van der Waals surface area contributed by atoms with Crippen LogP contribution in [-0.4, -0.2) is 18.3 Å². The van der Waals surface area contributed by atoms with Gasteiger partial charge in [-0.15, -0.1) is 0 Å². The average Bonchev–Trinajstić information content (AvgIpc) is 2.26. The molecule has 0 radical (unpaired) electrons. The van der Waals surface area contributed by atoms with Crippen molar-refractivity contribution in [3.8, 4) is 5.75 Å². The van der Waals surface area contributed by atoms with Crippen molar-refractivity contribution in [2.24, 2.45) is 11.7 Å². The Hall–Kier alpha value is -1.06. The topological polar surface area (TPSA) is 55.5 Å². The van der Waals surface area contributed by atoms with Crippen molar-refractivity contribution in [1.29, 1.82) is 0 Å². The molecule has 1 aliphatic carbocycles. The SMILES string of the molecule is NCC(O)c1cccc(OCC2CCC2)c1. The van der Waals surface area contributed by atoms with Gasteiger partial charge < -0.3 is 15.6 Å². The monoisotopic (exact) mass is 221 g/mol. The summed E-state index contributed by atoms with van der Waals surface area (Å²) in [6.07, 6.45) is 3.31. The third kappa shape index (κ3) is 2.74. The Morgan fingerprint density at radius 2 is 2.25 bits per heavy atom. The van der Waals surface area contributed by atoms with E-state index in [0.717, 1.165) is 23.8 Å². The van der Waals surface area contributed by atoms with Gasteiger partial charge in [0.2, 0.25) is 0 Å². The summed E-state index contributed by atoms with van der Waals surface area (Å²) in [4.78, 5) is 0. The maximum atomic E-state index is 9.61. The summed E-state index contributed by atoms with van der Waals surface area (Å²) >= 11 is 0. The van der Waals surface area contributed by atoms with Gasteiger partial charge in [0.15, 0.2) is 0 Å². The Morgan fingerprint density at radius 3 is 2.88 bits per heavy atom. The summed E-state index contributed by atoms with van der Waals surface area (Å²) in [7, 11) is 0. The number of hydrogen-bond acceptors (Lipinski definition) is 3. The van der Waals surface area contributed by atoms with Crippen molar-refractivity contribution < 1.29 is 9.84 Å². The van der Waals surface area contributed by atoms with Crippen LogP contribution in [0.5, 0.6) is 5.75 Å². The fourth-order valence-electron chi connectivity index (χ4n) is 1.82. The maximum Gasteiger partial charge on any atom is 0.119 e. The Morgan fingerprint density at radius 1 is 1.44 bits per heavy atom. The third-order valence-electron chi connectivity index (χ3n) is 3.18. The molecule has 0 bridgehead atoms. The van der Waals surface area contributed by atoms with Gasteiger partial charge in [0.1, 0.15) is 5.75 Å². The Bertz CT molecular complexity index is 336. The second-order valence-electron chi connectivity index (χ2n) is 4.43. The highest BCUT2D eigenvalue weighted by Gasteiger charge is 2.18. The normalized spacial score (nSPS) is 17.9. The van der Waals surface area contributed by atoms with Crippen LogP contribution < -0.4 is 10.5 Å². The zero-order chi connectivity index (χ0) is 11.4. The predicted molar refractivity (Wildman–Crippen MR) is 63.3 cm³/mol. The van der Waals surface area contributed by atoms with Crippen LogP contribution in [0.25, 0.3) is 0 Å². The van der Waals surface area contributed by atoms with E-state index in [1.807, 2.05) is 24.3 Å². The molecule has 1 fully saturated rings. The molecule has 0 heterocycles. The van der Waals surface area contributed by atoms with Gasteiger partial charge in [0.05, 0.1) is 12.7 Å². The predicted octanol–water partition coefficient (Wildman–Crippen LogP) is 1.86. The fourth-order valence-corrected chi connectivity index (χ4v) is 1.82. The van der Waals surface area contributed by atoms with E-state index in [9.17, 15) is 5.11 Å². The lowest BCUT2D eigenvalue weighted by Crippen LogP contribution is -2.19. The van der Waals surface area contributed by atoms with E-state index in [1.54, 1.807) is 0 Å². The molecular weight excluding hydrogens is 202 g/mol. The van der Waals surface area contributed by atoms with E-state index >= 15 is 0 Å². The van der Waals surface area contributed by atoms with Crippen LogP contribution in [-0.2, 0) is 0 Å². The zero-order valence-corrected chi connectivity index (χ0v) is 9.43. The van der Waals surface area contributed by atoms with E-state index in [2.05, 4.69) is 0 Å². The molecule has 3 heteroatoms. The zero-order valence-electron chi connectivity index (χ0n) is 9.43. The van der Waals surface area contributed by atoms with Gasteiger partial charge in [-0.2, -0.15) is 0 Å². The largest absolute Gasteiger partial charge is 0.493 e. The minimum Gasteiger partial charge on any atom is -0.493 e. The van der Waals surface area contributed by atoms with Crippen LogP contribution in [0.1, 0.15) is 30.9 Å². The summed E-state index contributed by atoms with van der Waals surface area (Å²) in [5.74, 6) is 1.56. The molecule has 3 N–H and O–H groups in total. The van der Waals surface area contributed by atoms with Crippen molar-refractivity contribution in [2.75, 3.05) is 13.2 Å². The van der Waals surface area contributed by atoms with Crippen molar-refractivity contribution in [1.82, 2.24) is 0 Å². The molecule has 0 aliphatic heterocycles. The number of hydrogen-bond donors (Lipinski definition) is 2. The van der Waals surface area contributed by atoms with Crippen LogP contribution in [0, 0.1) is 5.92 Å². The molecule has 1 aromatic rings. The molecule has 1 saturated carbocycles. The first-order valence-electron chi connectivity index (χ1n) is 5.90. The molecule has 1 aliphatic rings. The maximum absolute atomic E-state index is 9.61. The summed E-state index contributed by atoms with van der Waals surface area (Å²) in [5.41, 5.74) is 6.24. The molecule has 0 aromatic heterocycles. The van der Waals surface area contributed by atoms with E-state index in [0.29, 0.717) is 0 Å². The minimum atomic E-state index is -0.591. The minimum absolute atomic E-state index is 0.242. The molecule has 3 nitrogen and oxygen atoms in total. The highest BCUT2D eigenvalue weighted by Crippen LogP contribution is 2.27. The van der Waals surface area contributed by atoms with Gasteiger partial charge in [0, 0.05) is 6.54 Å². The van der Waals surface area contributed by atoms with Gasteiger partial charge in [0.25, 0.3) is 0 Å². The number of ether oxygens (including phenoxy) is 1. The smallest absolute Gasteiger partial charge is 0.119 e. The number of aliphatic hydroxyl groups excluding tert-OH is 1. The first-order chi connectivity index (χ1) is 7.79. The Balaban J connectivity index is 1.92. The van der Waals surface area contributed by atoms with Crippen molar-refractivity contribution in [2.45, 2.75) is 25.4 Å². The second kappa shape index (κ2) is 5.32. The van der Waals surface area contributed by atoms with Crippen molar-refractivity contribution in [3.05, 3.63) is 29.8 Å². The van der Waals surface area contributed by atoms with Gasteiger partial charge in [-0.1, -0.05) is 18.6 Å². The van der Waals surface area contributed by atoms with Crippen LogP contribution in [0.2, 0.25) is 0 Å². The van der Waals surface area contributed by atoms with Crippen molar-refractivity contribution >= 4 is 0 Å². The summed E-state index contributed by atoms with van der Waals surface area (Å²) < 4.78 is 5.69. The number of benzene rings is 1. The lowest BCUT2D eigenvalue weighted by molar-refractivity contribution is 0.176. The lowest BCUT2D eigenvalue weighted by Gasteiger charge is -2.25. The van der Waals surface area contributed by atoms with Gasteiger partial charge in [-0.3, -0.25) is 0 Å². The standard InChI is InChI=1S/C13H19NO2/c14-8-13(15)11-5-2-6-12(7-11)16-9-10-3-1-4-10/h2,5-7,10,13,15H,1,3-4,8-9,14H2. The van der Waals surface area contributed by atoms with E-state index in [1.165, 1.54) is 19.3 Å². The summed E-state index contributed by atoms with van der Waals surface area (Å²) in [6, 6.07) is 7.56. The summed E-state index contributed by atoms with van der Waals surface area (Å²) in [6.45, 7) is 1.04. The first kappa shape index (κ1) is 11.4. The number of aliphatic hydroxyl groups is 1. The highest BCUT2D eigenvalue weighted by molar-refractivity contribution is 5.30. The quantitative estimate of drug-likeness (QED) is 0.798. The molecular formula is C13H19NO2. The molecule has 2 rings (SSSR count). The van der Waals surface area contributed by atoms with E-state index in [4.69, 9.17) is 10.5 Å². The van der Waals surface area contributed by atoms with Gasteiger partial charge in [-0.05, 0) is 36.5 Å². The van der Waals surface area contributed by atoms with Crippen LogP contribution in [0.15, 0.2) is 24.3 Å². The summed E-state index contributed by atoms with van der Waals surface area (Å²) in [5, 5.41) is 9.61. The molecule has 1 aromatic carbocycles. The van der Waals surface area contributed by atoms with Crippen LogP contribution in [0.4, 0.5) is 0 Å². The third-order valence-corrected chi connectivity index (χ3v) is 3.18. The number of nitrogens with two attached hydrogens (primary N) is 1. The molecule has 1 atom stereocenters. The van der Waals surface area contributed by atoms with E-state index in [-0.39, 0.29) is 6.54 Å². The highest BCUT2D eigenvalue weighted by atomic mass is 16.5. The first-order valence-corrected chi connectivity index (χ1v) is 5.90. The fraction of sp³-hybridized carbons (Fsp3) is 0.538. The molecule has 0 saturated heterocycles. The molecule has 0 amide bonds. The van der Waals surface area contributed by atoms with Gasteiger partial charge in [-0.25, -0.2) is 0 Å². The van der Waals surface area contributed by atoms with Crippen molar-refractivity contribution in [3.63, 3.8) is 0 Å². The van der Waals surface area contributed by atoms with Gasteiger partial charge >= 0.3 is 0 Å². The second-order valence-corrected chi connectivity index (χ2v) is 4.43. The van der Waals surface area contributed by atoms with Crippen LogP contribution in [0.3, 0.4) is 0 Å². The molecule has 1 unspecified atom stereocenters. The lowest BCUT2D eigenvalue weighted by atomic mass is 9.86. The average molecular weight is 221 g/mol. The van der Waals surface area contributed by atoms with E-state index < -0.39 is 6.10 Å². The molecule has 0 spiro atoms. The molecule has 88 valence electrons. The molecule has 16 heavy (non-hydrogen) atoms. The number of rotatable bonds is 5.